The topological polar surface area (TPSA) is 170 Å². The monoisotopic (exact) mass is 422 g/mol. The van der Waals surface area contributed by atoms with E-state index in [1.807, 2.05) is 0 Å². The molecule has 0 aliphatic heterocycles. The fourth-order valence-electron chi connectivity index (χ4n) is 2.45. The van der Waals surface area contributed by atoms with Gasteiger partial charge in [-0.3, -0.25) is 9.52 Å². The van der Waals surface area contributed by atoms with E-state index in [-0.39, 0.29) is 46.8 Å². The van der Waals surface area contributed by atoms with E-state index in [2.05, 4.69) is 10.0 Å². The lowest BCUT2D eigenvalue weighted by atomic mass is 10.1. The second-order valence-electron chi connectivity index (χ2n) is 5.89. The summed E-state index contributed by atoms with van der Waals surface area (Å²) in [5.74, 6) is -3.69. The molecule has 0 aliphatic carbocycles. The van der Waals surface area contributed by atoms with Crippen molar-refractivity contribution >= 4 is 39.3 Å². The fraction of sp³-hybridized carbons (Fsp3) is 0.167. The van der Waals surface area contributed by atoms with Crippen LogP contribution in [0.3, 0.4) is 0 Å². The maximum atomic E-state index is 12.6. The van der Waals surface area contributed by atoms with Gasteiger partial charge in [-0.1, -0.05) is 12.1 Å². The summed E-state index contributed by atoms with van der Waals surface area (Å²) >= 11 is 0. The van der Waals surface area contributed by atoms with E-state index in [4.69, 9.17) is 10.2 Å². The number of aliphatic carboxylic acids is 1. The highest BCUT2D eigenvalue weighted by Gasteiger charge is 2.21. The number of carbonyl (C=O) groups is 3. The van der Waals surface area contributed by atoms with Gasteiger partial charge in [-0.05, 0) is 36.8 Å². The van der Waals surface area contributed by atoms with Crippen LogP contribution < -0.4 is 10.0 Å². The summed E-state index contributed by atoms with van der Waals surface area (Å²) in [7, 11) is -4.26. The standard InChI is InChI=1S/C18H18N2O8S/c21-16(22)6-3-9-19-14-8-7-11(10-13(14)18(25)26)29(27,28)20-15-5-2-1-4-12(15)17(23)24/h1-2,4-5,7-8,10,19-20H,3,6,9H2,(H,21,22)(H,23,24)(H,25,26). The Morgan fingerprint density at radius 3 is 2.14 bits per heavy atom. The van der Waals surface area contributed by atoms with E-state index in [1.54, 1.807) is 0 Å². The third-order valence-electron chi connectivity index (χ3n) is 3.82. The van der Waals surface area contributed by atoms with Crippen LogP contribution in [0, 0.1) is 0 Å². The maximum Gasteiger partial charge on any atom is 0.337 e. The van der Waals surface area contributed by atoms with Gasteiger partial charge in [-0.2, -0.15) is 0 Å². The summed E-state index contributed by atoms with van der Waals surface area (Å²) in [5, 5.41) is 29.9. The first-order valence-corrected chi connectivity index (χ1v) is 9.78. The first-order valence-electron chi connectivity index (χ1n) is 8.30. The number of carboxylic acid groups (broad SMARTS) is 3. The lowest BCUT2D eigenvalue weighted by Gasteiger charge is -2.13. The van der Waals surface area contributed by atoms with Crippen molar-refractivity contribution < 1.29 is 38.1 Å². The Labute approximate surface area is 165 Å². The predicted molar refractivity (Wildman–Crippen MR) is 103 cm³/mol. The van der Waals surface area contributed by atoms with Gasteiger partial charge >= 0.3 is 17.9 Å². The number of anilines is 2. The lowest BCUT2D eigenvalue weighted by Crippen LogP contribution is -2.17. The van der Waals surface area contributed by atoms with Crippen LogP contribution in [0.5, 0.6) is 0 Å². The van der Waals surface area contributed by atoms with Crippen molar-refractivity contribution in [2.75, 3.05) is 16.6 Å². The Morgan fingerprint density at radius 2 is 1.52 bits per heavy atom. The molecule has 0 saturated heterocycles. The van der Waals surface area contributed by atoms with Crippen molar-refractivity contribution in [2.24, 2.45) is 0 Å². The Morgan fingerprint density at radius 1 is 0.862 bits per heavy atom. The first kappa shape index (κ1) is 21.7. The number of carboxylic acids is 3. The number of benzene rings is 2. The van der Waals surface area contributed by atoms with Crippen molar-refractivity contribution in [1.29, 1.82) is 0 Å². The minimum atomic E-state index is -4.26. The number of sulfonamides is 1. The highest BCUT2D eigenvalue weighted by atomic mass is 32.2. The highest BCUT2D eigenvalue weighted by Crippen LogP contribution is 2.24. The SMILES string of the molecule is O=C(O)CCCNc1ccc(S(=O)(=O)Nc2ccccc2C(=O)O)cc1C(=O)O. The van der Waals surface area contributed by atoms with Crippen molar-refractivity contribution in [3.8, 4) is 0 Å². The Balaban J connectivity index is 2.29. The molecule has 10 nitrogen and oxygen atoms in total. The second kappa shape index (κ2) is 9.06. The van der Waals surface area contributed by atoms with E-state index in [0.717, 1.165) is 12.1 Å². The van der Waals surface area contributed by atoms with E-state index in [9.17, 15) is 27.9 Å². The van der Waals surface area contributed by atoms with E-state index >= 15 is 0 Å². The van der Waals surface area contributed by atoms with Crippen LogP contribution in [0.25, 0.3) is 0 Å². The predicted octanol–water partition coefficient (Wildman–Crippen LogP) is 2.16. The van der Waals surface area contributed by atoms with Gasteiger partial charge in [-0.15, -0.1) is 0 Å². The average Bonchev–Trinajstić information content (AvgIpc) is 2.64. The molecule has 154 valence electrons. The molecule has 2 aromatic carbocycles. The summed E-state index contributed by atoms with van der Waals surface area (Å²) in [5.41, 5.74) is -0.610. The molecule has 0 aromatic heterocycles. The molecule has 0 heterocycles. The Bertz CT molecular complexity index is 1050. The van der Waals surface area contributed by atoms with Gasteiger partial charge in [0.15, 0.2) is 0 Å². The van der Waals surface area contributed by atoms with Gasteiger partial charge in [0, 0.05) is 18.7 Å². The zero-order chi connectivity index (χ0) is 21.6. The largest absolute Gasteiger partial charge is 0.481 e. The molecule has 0 saturated carbocycles. The summed E-state index contributed by atoms with van der Waals surface area (Å²) < 4.78 is 27.4. The van der Waals surface area contributed by atoms with Gasteiger partial charge < -0.3 is 20.6 Å². The summed E-state index contributed by atoms with van der Waals surface area (Å²) in [6.07, 6.45) is 0.150. The van der Waals surface area contributed by atoms with Gasteiger partial charge in [0.05, 0.1) is 21.7 Å². The minimum absolute atomic E-state index is 0.102. The number of aromatic carboxylic acids is 2. The summed E-state index contributed by atoms with van der Waals surface area (Å²) in [4.78, 5) is 32.9. The molecule has 0 bridgehead atoms. The Hall–Kier alpha value is -3.60. The van der Waals surface area contributed by atoms with Crippen LogP contribution in [-0.2, 0) is 14.8 Å². The van der Waals surface area contributed by atoms with Crippen LogP contribution >= 0.6 is 0 Å². The molecule has 0 unspecified atom stereocenters. The van der Waals surface area contributed by atoms with Crippen LogP contribution in [0.2, 0.25) is 0 Å². The van der Waals surface area contributed by atoms with Crippen LogP contribution in [-0.4, -0.2) is 48.2 Å². The molecular formula is C18H18N2O8S. The van der Waals surface area contributed by atoms with E-state index in [0.29, 0.717) is 0 Å². The average molecular weight is 422 g/mol. The molecule has 11 heteroatoms. The third kappa shape index (κ3) is 5.69. The summed E-state index contributed by atoms with van der Waals surface area (Å²) in [6.45, 7) is 0.183. The molecule has 2 rings (SSSR count). The van der Waals surface area contributed by atoms with Crippen molar-refractivity contribution in [1.82, 2.24) is 0 Å². The quantitative estimate of drug-likeness (QED) is 0.360. The molecule has 5 N–H and O–H groups in total. The van der Waals surface area contributed by atoms with E-state index in [1.165, 1.54) is 30.3 Å². The van der Waals surface area contributed by atoms with Crippen LogP contribution in [0.4, 0.5) is 11.4 Å². The number of para-hydroxylation sites is 1. The second-order valence-corrected chi connectivity index (χ2v) is 7.58. The molecule has 0 radical (unpaired) electrons. The van der Waals surface area contributed by atoms with Gasteiger partial charge in [0.2, 0.25) is 0 Å². The summed E-state index contributed by atoms with van der Waals surface area (Å²) in [6, 6.07) is 8.75. The van der Waals surface area contributed by atoms with E-state index < -0.39 is 27.9 Å². The maximum absolute atomic E-state index is 12.6. The third-order valence-corrected chi connectivity index (χ3v) is 5.18. The number of hydrogen-bond acceptors (Lipinski definition) is 6. The van der Waals surface area contributed by atoms with Gasteiger partial charge in [0.1, 0.15) is 0 Å². The first-order chi connectivity index (χ1) is 13.6. The molecule has 0 aliphatic rings. The van der Waals surface area contributed by atoms with Crippen molar-refractivity contribution in [2.45, 2.75) is 17.7 Å². The normalized spacial score (nSPS) is 10.9. The highest BCUT2D eigenvalue weighted by molar-refractivity contribution is 7.92. The van der Waals surface area contributed by atoms with Crippen molar-refractivity contribution in [3.05, 3.63) is 53.6 Å². The molecule has 29 heavy (non-hydrogen) atoms. The Kier molecular flexibility index (Phi) is 6.78. The molecule has 0 spiro atoms. The van der Waals surface area contributed by atoms with Gasteiger partial charge in [-0.25, -0.2) is 18.0 Å². The molecule has 0 atom stereocenters. The number of nitrogens with one attached hydrogen (secondary N) is 2. The number of rotatable bonds is 10. The smallest absolute Gasteiger partial charge is 0.337 e. The van der Waals surface area contributed by atoms with Gasteiger partial charge in [0.25, 0.3) is 10.0 Å². The minimum Gasteiger partial charge on any atom is -0.481 e. The van der Waals surface area contributed by atoms with Crippen LogP contribution in [0.1, 0.15) is 33.6 Å². The lowest BCUT2D eigenvalue weighted by molar-refractivity contribution is -0.137. The molecule has 0 fully saturated rings. The van der Waals surface area contributed by atoms with Crippen LogP contribution in [0.15, 0.2) is 47.4 Å². The zero-order valence-corrected chi connectivity index (χ0v) is 15.8. The molecule has 0 amide bonds. The molecular weight excluding hydrogens is 404 g/mol. The van der Waals surface area contributed by atoms with Crippen molar-refractivity contribution in [3.63, 3.8) is 0 Å². The fourth-order valence-corrected chi connectivity index (χ4v) is 3.55. The zero-order valence-electron chi connectivity index (χ0n) is 15.0. The number of hydrogen-bond donors (Lipinski definition) is 5. The molecule has 2 aromatic rings.